The summed E-state index contributed by atoms with van der Waals surface area (Å²) in [4.78, 5) is 11.7. The number of esters is 1. The van der Waals surface area contributed by atoms with Gasteiger partial charge in [0, 0.05) is 6.42 Å². The van der Waals surface area contributed by atoms with Crippen LogP contribution in [0.2, 0.25) is 0 Å². The second-order valence-corrected chi connectivity index (χ2v) is 6.38. The normalized spacial score (nSPS) is 15.2. The van der Waals surface area contributed by atoms with Gasteiger partial charge in [-0.3, -0.25) is 4.79 Å². The second-order valence-electron chi connectivity index (χ2n) is 6.38. The Morgan fingerprint density at radius 2 is 1.94 bits per heavy atom. The van der Waals surface area contributed by atoms with Crippen LogP contribution in [0.25, 0.3) is 0 Å². The first-order chi connectivity index (χ1) is 8.28. The summed E-state index contributed by atoms with van der Waals surface area (Å²) in [6, 6.07) is 0. The molecular formula is C15H31NO2. The molecule has 0 aliphatic heterocycles. The van der Waals surface area contributed by atoms with Gasteiger partial charge >= 0.3 is 5.97 Å². The number of hydrogen-bond acceptors (Lipinski definition) is 3. The maximum absolute atomic E-state index is 11.7. The van der Waals surface area contributed by atoms with Gasteiger partial charge < -0.3 is 10.5 Å². The van der Waals surface area contributed by atoms with Gasteiger partial charge in [-0.05, 0) is 45.6 Å². The van der Waals surface area contributed by atoms with Crippen molar-refractivity contribution in [2.45, 2.75) is 72.3 Å². The van der Waals surface area contributed by atoms with Crippen LogP contribution in [0.5, 0.6) is 0 Å². The number of rotatable bonds is 8. The molecule has 0 aromatic carbocycles. The molecule has 108 valence electrons. The van der Waals surface area contributed by atoms with Gasteiger partial charge in [0.05, 0.1) is 0 Å². The zero-order chi connectivity index (χ0) is 14.2. The van der Waals surface area contributed by atoms with Gasteiger partial charge in [0.2, 0.25) is 0 Å². The summed E-state index contributed by atoms with van der Waals surface area (Å²) in [6.45, 7) is 10.7. The molecule has 2 atom stereocenters. The largest absolute Gasteiger partial charge is 0.460 e. The lowest BCUT2D eigenvalue weighted by molar-refractivity contribution is -0.156. The smallest absolute Gasteiger partial charge is 0.306 e. The number of nitrogens with two attached hydrogens (primary N) is 1. The summed E-state index contributed by atoms with van der Waals surface area (Å²) in [5.74, 6) is 0.772. The van der Waals surface area contributed by atoms with Crippen molar-refractivity contribution >= 4 is 5.97 Å². The van der Waals surface area contributed by atoms with E-state index in [4.69, 9.17) is 10.5 Å². The van der Waals surface area contributed by atoms with E-state index in [2.05, 4.69) is 13.8 Å². The molecule has 0 fully saturated rings. The molecule has 0 aliphatic carbocycles. The first-order valence-electron chi connectivity index (χ1n) is 7.20. The molecule has 0 spiro atoms. The summed E-state index contributed by atoms with van der Waals surface area (Å²) >= 11 is 0. The molecule has 0 saturated carbocycles. The van der Waals surface area contributed by atoms with E-state index < -0.39 is 5.60 Å². The lowest BCUT2D eigenvalue weighted by atomic mass is 9.90. The highest BCUT2D eigenvalue weighted by molar-refractivity contribution is 5.70. The van der Waals surface area contributed by atoms with Crippen molar-refractivity contribution in [1.82, 2.24) is 0 Å². The lowest BCUT2D eigenvalue weighted by Crippen LogP contribution is -2.27. The van der Waals surface area contributed by atoms with Gasteiger partial charge in [-0.15, -0.1) is 0 Å². The van der Waals surface area contributed by atoms with Crippen LogP contribution in [-0.2, 0) is 9.53 Å². The van der Waals surface area contributed by atoms with Crippen LogP contribution in [0.1, 0.15) is 66.7 Å². The molecule has 0 radical (unpaired) electrons. The molecular weight excluding hydrogens is 226 g/mol. The van der Waals surface area contributed by atoms with Crippen molar-refractivity contribution in [3.05, 3.63) is 0 Å². The van der Waals surface area contributed by atoms with E-state index in [1.54, 1.807) is 0 Å². The monoisotopic (exact) mass is 257 g/mol. The molecule has 0 heterocycles. The number of unbranched alkanes of at least 4 members (excludes halogenated alkanes) is 1. The molecule has 18 heavy (non-hydrogen) atoms. The van der Waals surface area contributed by atoms with Crippen molar-refractivity contribution in [2.75, 3.05) is 6.54 Å². The molecule has 3 nitrogen and oxygen atoms in total. The molecule has 0 amide bonds. The van der Waals surface area contributed by atoms with Crippen molar-refractivity contribution < 1.29 is 9.53 Å². The van der Waals surface area contributed by atoms with Crippen molar-refractivity contribution in [3.63, 3.8) is 0 Å². The minimum absolute atomic E-state index is 0.124. The number of carbonyl (C=O) groups is 1. The molecule has 0 aliphatic rings. The standard InChI is InChI=1S/C15H31NO2/c1-6-7-8-12(2)9-13(11-16)10-14(17)18-15(3,4)5/h12-13H,6-11,16H2,1-5H3/t12-,13+/m1/s1. The van der Waals surface area contributed by atoms with Gasteiger partial charge in [0.1, 0.15) is 5.60 Å². The van der Waals surface area contributed by atoms with Crippen molar-refractivity contribution in [1.29, 1.82) is 0 Å². The predicted octanol–water partition coefficient (Wildman–Crippen LogP) is 3.51. The fourth-order valence-corrected chi connectivity index (χ4v) is 2.12. The summed E-state index contributed by atoms with van der Waals surface area (Å²) < 4.78 is 5.34. The Labute approximate surface area is 112 Å². The van der Waals surface area contributed by atoms with E-state index in [9.17, 15) is 4.79 Å². The topological polar surface area (TPSA) is 52.3 Å². The Morgan fingerprint density at radius 1 is 1.33 bits per heavy atom. The van der Waals surface area contributed by atoms with E-state index in [1.165, 1.54) is 19.3 Å². The maximum atomic E-state index is 11.7. The average Bonchev–Trinajstić information content (AvgIpc) is 2.22. The molecule has 0 bridgehead atoms. The van der Waals surface area contributed by atoms with E-state index in [0.29, 0.717) is 18.9 Å². The predicted molar refractivity (Wildman–Crippen MR) is 76.3 cm³/mol. The number of hydrogen-bond donors (Lipinski definition) is 1. The van der Waals surface area contributed by atoms with E-state index >= 15 is 0 Å². The van der Waals surface area contributed by atoms with Gasteiger partial charge in [0.15, 0.2) is 0 Å². The third-order valence-electron chi connectivity index (χ3n) is 2.99. The molecule has 2 N–H and O–H groups in total. The summed E-state index contributed by atoms with van der Waals surface area (Å²) in [5.41, 5.74) is 5.36. The number of ether oxygens (including phenoxy) is 1. The quantitative estimate of drug-likeness (QED) is 0.677. The third kappa shape index (κ3) is 9.46. The van der Waals surface area contributed by atoms with Crippen LogP contribution >= 0.6 is 0 Å². The van der Waals surface area contributed by atoms with E-state index in [-0.39, 0.29) is 11.9 Å². The number of carbonyl (C=O) groups excluding carboxylic acids is 1. The molecule has 0 saturated heterocycles. The van der Waals surface area contributed by atoms with Gasteiger partial charge in [-0.2, -0.15) is 0 Å². The van der Waals surface area contributed by atoms with Crippen LogP contribution in [0.3, 0.4) is 0 Å². The summed E-state index contributed by atoms with van der Waals surface area (Å²) in [5, 5.41) is 0. The maximum Gasteiger partial charge on any atom is 0.306 e. The Balaban J connectivity index is 4.06. The Kier molecular flexibility index (Phi) is 8.25. The molecule has 0 aromatic heterocycles. The zero-order valence-electron chi connectivity index (χ0n) is 12.8. The SMILES string of the molecule is CCCC[C@@H](C)C[C@H](CN)CC(=O)OC(C)(C)C. The highest BCUT2D eigenvalue weighted by Crippen LogP contribution is 2.21. The van der Waals surface area contributed by atoms with Crippen molar-refractivity contribution in [3.8, 4) is 0 Å². The first-order valence-corrected chi connectivity index (χ1v) is 7.20. The molecule has 3 heteroatoms. The Hall–Kier alpha value is -0.570. The van der Waals surface area contributed by atoms with Crippen LogP contribution in [0.4, 0.5) is 0 Å². The zero-order valence-corrected chi connectivity index (χ0v) is 12.8. The van der Waals surface area contributed by atoms with Crippen LogP contribution in [-0.4, -0.2) is 18.1 Å². The van der Waals surface area contributed by atoms with Gasteiger partial charge in [0.25, 0.3) is 0 Å². The van der Waals surface area contributed by atoms with E-state index in [0.717, 1.165) is 6.42 Å². The summed E-state index contributed by atoms with van der Waals surface area (Å²) in [7, 11) is 0. The van der Waals surface area contributed by atoms with Gasteiger partial charge in [-0.25, -0.2) is 0 Å². The van der Waals surface area contributed by atoms with Crippen LogP contribution in [0.15, 0.2) is 0 Å². The summed E-state index contributed by atoms with van der Waals surface area (Å²) in [6.07, 6.45) is 5.18. The average molecular weight is 257 g/mol. The fourth-order valence-electron chi connectivity index (χ4n) is 2.12. The minimum atomic E-state index is -0.399. The first kappa shape index (κ1) is 17.4. The van der Waals surface area contributed by atoms with Crippen LogP contribution < -0.4 is 5.73 Å². The highest BCUT2D eigenvalue weighted by atomic mass is 16.6. The molecule has 0 rings (SSSR count). The molecule has 0 aromatic rings. The third-order valence-corrected chi connectivity index (χ3v) is 2.99. The fraction of sp³-hybridized carbons (Fsp3) is 0.933. The van der Waals surface area contributed by atoms with Crippen LogP contribution in [0, 0.1) is 11.8 Å². The van der Waals surface area contributed by atoms with Gasteiger partial charge in [-0.1, -0.05) is 33.1 Å². The highest BCUT2D eigenvalue weighted by Gasteiger charge is 2.21. The van der Waals surface area contributed by atoms with Crippen molar-refractivity contribution in [2.24, 2.45) is 17.6 Å². The minimum Gasteiger partial charge on any atom is -0.460 e. The van der Waals surface area contributed by atoms with E-state index in [1.807, 2.05) is 20.8 Å². The Morgan fingerprint density at radius 3 is 2.39 bits per heavy atom. The second kappa shape index (κ2) is 8.52. The Bertz CT molecular complexity index is 233. The lowest BCUT2D eigenvalue weighted by Gasteiger charge is -2.23. The molecule has 0 unspecified atom stereocenters.